The lowest BCUT2D eigenvalue weighted by molar-refractivity contribution is -0.139. The molecule has 0 spiro atoms. The predicted molar refractivity (Wildman–Crippen MR) is 142 cm³/mol. The fourth-order valence-corrected chi connectivity index (χ4v) is 3.93. The number of benzene rings is 1. The lowest BCUT2D eigenvalue weighted by atomic mass is 10.1. The highest BCUT2D eigenvalue weighted by Crippen LogP contribution is 2.17. The molecular weight excluding hydrogens is 484 g/mol. The Morgan fingerprint density at radius 3 is 1.61 bits per heavy atom. The van der Waals surface area contributed by atoms with Crippen LogP contribution < -0.4 is 9.47 Å². The molecule has 0 aromatic heterocycles. The lowest BCUT2D eigenvalue weighted by Crippen LogP contribution is -2.13. The van der Waals surface area contributed by atoms with Crippen molar-refractivity contribution in [3.8, 4) is 11.5 Å². The van der Waals surface area contributed by atoms with Crippen LogP contribution >= 0.6 is 11.8 Å². The molecule has 0 heterocycles. The maximum absolute atomic E-state index is 10.8. The Kier molecular flexibility index (Phi) is 21.1. The molecule has 1 aromatic rings. The van der Waals surface area contributed by atoms with Gasteiger partial charge in [0.2, 0.25) is 0 Å². The van der Waals surface area contributed by atoms with Gasteiger partial charge in [-0.1, -0.05) is 56.7 Å². The van der Waals surface area contributed by atoms with Crippen LogP contribution in [0.1, 0.15) is 64.7 Å². The summed E-state index contributed by atoms with van der Waals surface area (Å²) in [5, 5.41) is 8.82. The van der Waals surface area contributed by atoms with Gasteiger partial charge in [0, 0.05) is 19.3 Å². The van der Waals surface area contributed by atoms with Crippen molar-refractivity contribution in [2.45, 2.75) is 64.7 Å². The molecule has 9 heteroatoms. The number of carbonyl (C=O) groups is 2. The Morgan fingerprint density at radius 2 is 1.08 bits per heavy atom. The SMILES string of the molecule is CC(=O)SCCCCCCCCCCCOCCOCCOCCOc1ccc(OCC(=O)O)cc1. The van der Waals surface area contributed by atoms with E-state index in [0.29, 0.717) is 51.1 Å². The van der Waals surface area contributed by atoms with Crippen molar-refractivity contribution in [3.63, 3.8) is 0 Å². The van der Waals surface area contributed by atoms with Gasteiger partial charge in [-0.2, -0.15) is 0 Å². The van der Waals surface area contributed by atoms with E-state index in [9.17, 15) is 9.59 Å². The Hall–Kier alpha value is -1.81. The zero-order chi connectivity index (χ0) is 26.1. The number of thioether (sulfide) groups is 1. The van der Waals surface area contributed by atoms with Crippen molar-refractivity contribution in [1.29, 1.82) is 0 Å². The highest BCUT2D eigenvalue weighted by molar-refractivity contribution is 8.13. The molecule has 206 valence electrons. The zero-order valence-electron chi connectivity index (χ0n) is 21.8. The first kappa shape index (κ1) is 32.2. The van der Waals surface area contributed by atoms with Crippen molar-refractivity contribution >= 4 is 22.8 Å². The summed E-state index contributed by atoms with van der Waals surface area (Å²) in [5.41, 5.74) is 0. The van der Waals surface area contributed by atoms with E-state index in [1.54, 1.807) is 31.2 Å². The molecule has 0 bridgehead atoms. The van der Waals surface area contributed by atoms with E-state index >= 15 is 0 Å². The summed E-state index contributed by atoms with van der Waals surface area (Å²) >= 11 is 1.44. The van der Waals surface area contributed by atoms with Gasteiger partial charge in [0.05, 0.1) is 33.0 Å². The quantitative estimate of drug-likeness (QED) is 0.168. The lowest BCUT2D eigenvalue weighted by Gasteiger charge is -2.09. The van der Waals surface area contributed by atoms with Crippen molar-refractivity contribution in [3.05, 3.63) is 24.3 Å². The minimum atomic E-state index is -1.01. The molecule has 0 aliphatic carbocycles. The van der Waals surface area contributed by atoms with Crippen molar-refractivity contribution in [2.75, 3.05) is 58.6 Å². The average molecular weight is 529 g/mol. The summed E-state index contributed by atoms with van der Waals surface area (Å²) in [7, 11) is 0. The van der Waals surface area contributed by atoms with Gasteiger partial charge in [0.25, 0.3) is 0 Å². The number of aliphatic carboxylic acids is 1. The molecule has 0 aliphatic rings. The number of carboxylic acids is 1. The highest BCUT2D eigenvalue weighted by atomic mass is 32.2. The van der Waals surface area contributed by atoms with Crippen molar-refractivity contribution in [1.82, 2.24) is 0 Å². The summed E-state index contributed by atoms with van der Waals surface area (Å²) in [6, 6.07) is 6.78. The van der Waals surface area contributed by atoms with Gasteiger partial charge in [0.15, 0.2) is 11.7 Å². The maximum atomic E-state index is 10.8. The van der Waals surface area contributed by atoms with Crippen LogP contribution in [0.5, 0.6) is 11.5 Å². The molecule has 0 saturated carbocycles. The van der Waals surface area contributed by atoms with Crippen molar-refractivity contribution < 1.29 is 38.4 Å². The third-order valence-corrected chi connectivity index (χ3v) is 6.06. The second kappa shape index (κ2) is 23.6. The second-order valence-electron chi connectivity index (χ2n) is 8.36. The standard InChI is InChI=1S/C27H44O8S/c1-24(28)36-22-10-8-6-4-2-3-5-7-9-15-31-16-17-32-18-19-33-20-21-34-25-11-13-26(14-12-25)35-23-27(29)30/h11-14H,2-10,15-23H2,1H3,(H,29,30). The number of carbonyl (C=O) groups excluding carboxylic acids is 1. The van der Waals surface area contributed by atoms with Crippen LogP contribution in [0.2, 0.25) is 0 Å². The van der Waals surface area contributed by atoms with Gasteiger partial charge >= 0.3 is 5.97 Å². The zero-order valence-corrected chi connectivity index (χ0v) is 22.6. The van der Waals surface area contributed by atoms with Gasteiger partial charge in [-0.3, -0.25) is 4.79 Å². The van der Waals surface area contributed by atoms with E-state index in [-0.39, 0.29) is 11.7 Å². The molecule has 8 nitrogen and oxygen atoms in total. The molecular formula is C27H44O8S. The average Bonchev–Trinajstić information content (AvgIpc) is 2.86. The van der Waals surface area contributed by atoms with Gasteiger partial charge in [-0.05, 0) is 37.1 Å². The van der Waals surface area contributed by atoms with E-state index in [1.807, 2.05) is 0 Å². The van der Waals surface area contributed by atoms with E-state index in [0.717, 1.165) is 25.2 Å². The van der Waals surface area contributed by atoms with Gasteiger partial charge in [-0.15, -0.1) is 0 Å². The number of ether oxygens (including phenoxy) is 5. The van der Waals surface area contributed by atoms with Crippen LogP contribution in [0, 0.1) is 0 Å². The molecule has 1 rings (SSSR count). The van der Waals surface area contributed by atoms with E-state index in [2.05, 4.69) is 0 Å². The molecule has 0 radical (unpaired) electrons. The first-order valence-electron chi connectivity index (χ1n) is 13.0. The molecule has 0 unspecified atom stereocenters. The Labute approximate surface area is 220 Å². The molecule has 0 atom stereocenters. The minimum absolute atomic E-state index is 0.227. The Morgan fingerprint density at radius 1 is 0.639 bits per heavy atom. The fraction of sp³-hybridized carbons (Fsp3) is 0.704. The van der Waals surface area contributed by atoms with E-state index < -0.39 is 5.97 Å². The molecule has 0 fully saturated rings. The number of rotatable bonds is 25. The number of hydrogen-bond donors (Lipinski definition) is 1. The van der Waals surface area contributed by atoms with Crippen LogP contribution in [0.4, 0.5) is 0 Å². The predicted octanol–water partition coefficient (Wildman–Crippen LogP) is 5.37. The third-order valence-electron chi connectivity index (χ3n) is 5.16. The number of unbranched alkanes of at least 4 members (excludes halogenated alkanes) is 8. The van der Waals surface area contributed by atoms with Crippen LogP contribution in [0.25, 0.3) is 0 Å². The summed E-state index contributed by atoms with van der Waals surface area (Å²) in [4.78, 5) is 21.3. The smallest absolute Gasteiger partial charge is 0.341 e. The first-order chi connectivity index (χ1) is 17.6. The highest BCUT2D eigenvalue weighted by Gasteiger charge is 2.00. The van der Waals surface area contributed by atoms with Gasteiger partial charge in [0.1, 0.15) is 18.1 Å². The van der Waals surface area contributed by atoms with Gasteiger partial charge < -0.3 is 28.8 Å². The first-order valence-corrected chi connectivity index (χ1v) is 14.0. The molecule has 1 N–H and O–H groups in total. The Bertz CT molecular complexity index is 668. The summed E-state index contributed by atoms with van der Waals surface area (Å²) < 4.78 is 27.2. The summed E-state index contributed by atoms with van der Waals surface area (Å²) in [6.07, 6.45) is 11.2. The molecule has 36 heavy (non-hydrogen) atoms. The largest absolute Gasteiger partial charge is 0.491 e. The maximum Gasteiger partial charge on any atom is 0.341 e. The van der Waals surface area contributed by atoms with Gasteiger partial charge in [-0.25, -0.2) is 4.79 Å². The topological polar surface area (TPSA) is 101 Å². The molecule has 1 aromatic carbocycles. The number of hydrogen-bond acceptors (Lipinski definition) is 8. The van der Waals surface area contributed by atoms with E-state index in [4.69, 9.17) is 28.8 Å². The molecule has 0 amide bonds. The van der Waals surface area contributed by atoms with Crippen molar-refractivity contribution in [2.24, 2.45) is 0 Å². The molecule has 0 saturated heterocycles. The normalized spacial score (nSPS) is 10.9. The van der Waals surface area contributed by atoms with Crippen LogP contribution in [-0.4, -0.2) is 74.8 Å². The summed E-state index contributed by atoms with van der Waals surface area (Å²) in [5.74, 6) is 1.11. The Balaban J connectivity index is 1.75. The van der Waals surface area contributed by atoms with Crippen LogP contribution in [0.15, 0.2) is 24.3 Å². The van der Waals surface area contributed by atoms with Crippen LogP contribution in [-0.2, 0) is 23.8 Å². The summed E-state index contributed by atoms with van der Waals surface area (Å²) in [6.45, 7) is 5.14. The fourth-order valence-electron chi connectivity index (χ4n) is 3.30. The minimum Gasteiger partial charge on any atom is -0.491 e. The second-order valence-corrected chi connectivity index (χ2v) is 9.63. The molecule has 0 aliphatic heterocycles. The van der Waals surface area contributed by atoms with Crippen LogP contribution in [0.3, 0.4) is 0 Å². The number of carboxylic acid groups (broad SMARTS) is 1. The van der Waals surface area contributed by atoms with E-state index in [1.165, 1.54) is 56.7 Å². The monoisotopic (exact) mass is 528 g/mol. The third kappa shape index (κ3) is 21.5.